The van der Waals surface area contributed by atoms with Gasteiger partial charge in [0.05, 0.1) is 0 Å². The second-order valence-electron chi connectivity index (χ2n) is 5.29. The van der Waals surface area contributed by atoms with Crippen molar-refractivity contribution in [3.8, 4) is 0 Å². The number of hydrogen-bond acceptors (Lipinski definition) is 6. The Morgan fingerprint density at radius 2 is 1.17 bits per heavy atom. The van der Waals surface area contributed by atoms with E-state index in [-0.39, 0.29) is 11.8 Å². The summed E-state index contributed by atoms with van der Waals surface area (Å²) in [6.45, 7) is 14.3. The van der Waals surface area contributed by atoms with E-state index in [1.807, 2.05) is 27.7 Å². The monoisotopic (exact) mass is 367 g/mol. The number of carbonyl (C=O) groups excluding carboxylic acids is 2. The molecule has 2 atom stereocenters. The molecule has 4 N–H and O–H groups in total. The Bertz CT molecular complexity index is 431. The standard InChI is InChI=1S/C14H23NO4.H3O4P/c1-7-11(16)18-13(9(3)4)15-14(10(5)6)19-12(17)8-2;1-5(2,3)4/h7-10,13-15H,1-2H2,3-6H3;(H3,1,2,3,4). The maximum Gasteiger partial charge on any atom is 0.466 e. The predicted octanol–water partition coefficient (Wildman–Crippen LogP) is 1.07. The van der Waals surface area contributed by atoms with Gasteiger partial charge in [-0.3, -0.25) is 0 Å². The predicted molar refractivity (Wildman–Crippen MR) is 87.2 cm³/mol. The smallest absolute Gasteiger partial charge is 0.443 e. The van der Waals surface area contributed by atoms with Crippen LogP contribution in [0, 0.1) is 11.8 Å². The Labute approximate surface area is 141 Å². The normalized spacial score (nSPS) is 13.4. The molecule has 0 amide bonds. The minimum atomic E-state index is -4.64. The number of nitrogens with one attached hydrogen (secondary N) is 1. The lowest BCUT2D eigenvalue weighted by Gasteiger charge is -2.29. The van der Waals surface area contributed by atoms with Gasteiger partial charge in [0.15, 0.2) is 12.5 Å². The number of rotatable bonds is 8. The van der Waals surface area contributed by atoms with Crippen LogP contribution in [0.15, 0.2) is 25.3 Å². The van der Waals surface area contributed by atoms with Crippen LogP contribution in [0.5, 0.6) is 0 Å². The van der Waals surface area contributed by atoms with Crippen molar-refractivity contribution < 1.29 is 38.3 Å². The summed E-state index contributed by atoms with van der Waals surface area (Å²) in [6.07, 6.45) is 1.07. The molecule has 0 aliphatic rings. The highest BCUT2D eigenvalue weighted by molar-refractivity contribution is 7.45. The molecule has 10 heteroatoms. The van der Waals surface area contributed by atoms with Crippen LogP contribution in [0.2, 0.25) is 0 Å². The number of ether oxygens (including phenoxy) is 2. The Balaban J connectivity index is 0. The average Bonchev–Trinajstić information content (AvgIpc) is 2.42. The molecule has 0 radical (unpaired) electrons. The first-order valence-corrected chi connectivity index (χ1v) is 8.58. The van der Waals surface area contributed by atoms with Crippen LogP contribution in [-0.4, -0.2) is 39.1 Å². The van der Waals surface area contributed by atoms with Gasteiger partial charge in [-0.25, -0.2) is 19.5 Å². The van der Waals surface area contributed by atoms with Crippen LogP contribution in [0.25, 0.3) is 0 Å². The molecule has 0 aliphatic carbocycles. The lowest BCUT2D eigenvalue weighted by molar-refractivity contribution is -0.158. The SMILES string of the molecule is C=CC(=O)OC(NC(OC(=O)C=C)C(C)C)C(C)C.O=P(O)(O)O. The van der Waals surface area contributed by atoms with Crippen molar-refractivity contribution in [3.05, 3.63) is 25.3 Å². The van der Waals surface area contributed by atoms with Crippen LogP contribution in [-0.2, 0) is 23.6 Å². The second kappa shape index (κ2) is 11.9. The van der Waals surface area contributed by atoms with Gasteiger partial charge in [-0.1, -0.05) is 40.9 Å². The van der Waals surface area contributed by atoms with Crippen LogP contribution in [0.3, 0.4) is 0 Å². The van der Waals surface area contributed by atoms with Crippen molar-refractivity contribution in [3.63, 3.8) is 0 Å². The number of hydrogen-bond donors (Lipinski definition) is 4. The van der Waals surface area contributed by atoms with Crippen molar-refractivity contribution in [2.24, 2.45) is 11.8 Å². The topological polar surface area (TPSA) is 142 Å². The van der Waals surface area contributed by atoms with Crippen LogP contribution in [0.1, 0.15) is 27.7 Å². The zero-order chi connectivity index (χ0) is 19.5. The van der Waals surface area contributed by atoms with Crippen LogP contribution < -0.4 is 5.32 Å². The minimum absolute atomic E-state index is 0.0209. The molecule has 0 heterocycles. The molecule has 9 nitrogen and oxygen atoms in total. The van der Waals surface area contributed by atoms with E-state index in [9.17, 15) is 9.59 Å². The summed E-state index contributed by atoms with van der Waals surface area (Å²) in [4.78, 5) is 44.1. The molecule has 0 saturated heterocycles. The van der Waals surface area contributed by atoms with Crippen molar-refractivity contribution in [1.82, 2.24) is 5.32 Å². The van der Waals surface area contributed by atoms with Gasteiger partial charge in [0.25, 0.3) is 0 Å². The molecule has 0 aromatic rings. The molecule has 0 aliphatic heterocycles. The van der Waals surface area contributed by atoms with Gasteiger partial charge in [0.2, 0.25) is 0 Å². The molecule has 0 saturated carbocycles. The zero-order valence-corrected chi connectivity index (χ0v) is 15.1. The summed E-state index contributed by atoms with van der Waals surface area (Å²) >= 11 is 0. The number of carbonyl (C=O) groups is 2. The van der Waals surface area contributed by atoms with Gasteiger partial charge in [-0.2, -0.15) is 0 Å². The Morgan fingerprint density at radius 3 is 1.33 bits per heavy atom. The van der Waals surface area contributed by atoms with E-state index >= 15 is 0 Å². The Kier molecular flexibility index (Phi) is 12.3. The maximum absolute atomic E-state index is 11.3. The van der Waals surface area contributed by atoms with Crippen molar-refractivity contribution in [2.45, 2.75) is 40.2 Å². The third-order valence-electron chi connectivity index (χ3n) is 2.36. The zero-order valence-electron chi connectivity index (χ0n) is 14.2. The molecule has 0 rings (SSSR count). The summed E-state index contributed by atoms with van der Waals surface area (Å²) in [5.74, 6) is -1.01. The fourth-order valence-corrected chi connectivity index (χ4v) is 1.23. The largest absolute Gasteiger partial charge is 0.466 e. The first-order valence-electron chi connectivity index (χ1n) is 7.02. The molecular formula is C14H26NO8P. The van der Waals surface area contributed by atoms with Crippen molar-refractivity contribution >= 4 is 19.8 Å². The first-order chi connectivity index (χ1) is 10.8. The second-order valence-corrected chi connectivity index (χ2v) is 6.32. The van der Waals surface area contributed by atoms with Gasteiger partial charge >= 0.3 is 19.8 Å². The minimum Gasteiger partial charge on any atom is -0.443 e. The fourth-order valence-electron chi connectivity index (χ4n) is 1.23. The van der Waals surface area contributed by atoms with Gasteiger partial charge < -0.3 is 24.2 Å². The third-order valence-corrected chi connectivity index (χ3v) is 2.36. The average molecular weight is 367 g/mol. The van der Waals surface area contributed by atoms with Gasteiger partial charge in [-0.15, -0.1) is 0 Å². The molecule has 2 unspecified atom stereocenters. The summed E-state index contributed by atoms with van der Waals surface area (Å²) in [5.41, 5.74) is 0. The third kappa shape index (κ3) is 15.4. The lowest BCUT2D eigenvalue weighted by atomic mass is 10.1. The first kappa shape index (κ1) is 24.7. The van der Waals surface area contributed by atoms with Crippen molar-refractivity contribution in [2.75, 3.05) is 0 Å². The Hall–Kier alpha value is -1.51. The van der Waals surface area contributed by atoms with Gasteiger partial charge in [-0.05, 0) is 0 Å². The molecule has 0 bridgehead atoms. The van der Waals surface area contributed by atoms with E-state index < -0.39 is 32.2 Å². The number of phosphoric acid groups is 1. The summed E-state index contributed by atoms with van der Waals surface area (Å²) < 4.78 is 19.2. The molecule has 0 aromatic carbocycles. The summed E-state index contributed by atoms with van der Waals surface area (Å²) in [6, 6.07) is 0. The highest BCUT2D eigenvalue weighted by Gasteiger charge is 2.25. The lowest BCUT2D eigenvalue weighted by Crippen LogP contribution is -2.48. The molecular weight excluding hydrogens is 341 g/mol. The van der Waals surface area contributed by atoms with Gasteiger partial charge in [0.1, 0.15) is 0 Å². The summed E-state index contributed by atoms with van der Waals surface area (Å²) in [5, 5.41) is 3.00. The fraction of sp³-hybridized carbons (Fsp3) is 0.571. The van der Waals surface area contributed by atoms with E-state index in [0.29, 0.717) is 0 Å². The number of esters is 2. The molecule has 0 fully saturated rings. The van der Waals surface area contributed by atoms with E-state index in [1.54, 1.807) is 0 Å². The van der Waals surface area contributed by atoms with E-state index in [2.05, 4.69) is 18.5 Å². The quantitative estimate of drug-likeness (QED) is 0.214. The summed E-state index contributed by atoms with van der Waals surface area (Å²) in [7, 11) is -4.64. The highest BCUT2D eigenvalue weighted by Crippen LogP contribution is 2.25. The van der Waals surface area contributed by atoms with Gasteiger partial charge in [0, 0.05) is 24.0 Å². The van der Waals surface area contributed by atoms with Crippen molar-refractivity contribution in [1.29, 1.82) is 0 Å². The highest BCUT2D eigenvalue weighted by atomic mass is 31.2. The molecule has 24 heavy (non-hydrogen) atoms. The van der Waals surface area contributed by atoms with E-state index in [0.717, 1.165) is 12.2 Å². The molecule has 0 aromatic heterocycles. The molecule has 140 valence electrons. The van der Waals surface area contributed by atoms with Crippen LogP contribution >= 0.6 is 7.82 Å². The Morgan fingerprint density at radius 1 is 0.917 bits per heavy atom. The van der Waals surface area contributed by atoms with E-state index in [1.165, 1.54) is 0 Å². The van der Waals surface area contributed by atoms with E-state index in [4.69, 9.17) is 28.7 Å². The van der Waals surface area contributed by atoms with Crippen LogP contribution in [0.4, 0.5) is 0 Å². The molecule has 0 spiro atoms. The maximum atomic E-state index is 11.3.